The summed E-state index contributed by atoms with van der Waals surface area (Å²) in [6, 6.07) is 11.5. The Balaban J connectivity index is 2.43. The second-order valence-electron chi connectivity index (χ2n) is 7.52. The van der Waals surface area contributed by atoms with Crippen molar-refractivity contribution in [2.45, 2.75) is 33.4 Å². The van der Waals surface area contributed by atoms with E-state index in [2.05, 4.69) is 5.32 Å². The molecule has 0 saturated carbocycles. The van der Waals surface area contributed by atoms with Crippen LogP contribution >= 0.6 is 11.6 Å². The molecule has 2 rings (SSSR count). The van der Waals surface area contributed by atoms with E-state index >= 15 is 0 Å². The van der Waals surface area contributed by atoms with Crippen molar-refractivity contribution in [3.8, 4) is 0 Å². The first kappa shape index (κ1) is 24.7. The standard InChI is InChI=1S/C22H28ClN3O4S/c1-15-10-16(2)12-19(11-15)26(31(5,29)30)14-21(27)25(17(3)22(28)24-4)13-18-8-6-7-9-20(18)23/h6-12,17H,13-14H2,1-5H3,(H,24,28). The van der Waals surface area contributed by atoms with E-state index in [1.165, 1.54) is 11.9 Å². The van der Waals surface area contributed by atoms with Crippen LogP contribution in [-0.4, -0.2) is 51.0 Å². The molecular formula is C22H28ClN3O4S. The molecule has 0 radical (unpaired) electrons. The molecule has 7 nitrogen and oxygen atoms in total. The Morgan fingerprint density at radius 3 is 2.19 bits per heavy atom. The van der Waals surface area contributed by atoms with Crippen LogP contribution in [0.4, 0.5) is 5.69 Å². The predicted molar refractivity (Wildman–Crippen MR) is 124 cm³/mol. The van der Waals surface area contributed by atoms with E-state index in [-0.39, 0.29) is 12.5 Å². The highest BCUT2D eigenvalue weighted by molar-refractivity contribution is 7.92. The Morgan fingerprint density at radius 2 is 1.68 bits per heavy atom. The van der Waals surface area contributed by atoms with Crippen LogP contribution in [0.25, 0.3) is 0 Å². The fraction of sp³-hybridized carbons (Fsp3) is 0.364. The number of hydrogen-bond donors (Lipinski definition) is 1. The minimum Gasteiger partial charge on any atom is -0.357 e. The van der Waals surface area contributed by atoms with Crippen LogP contribution < -0.4 is 9.62 Å². The molecule has 0 aromatic heterocycles. The molecule has 2 amide bonds. The molecule has 2 aromatic rings. The third-order valence-corrected chi connectivity index (χ3v) is 6.40. The first-order valence-electron chi connectivity index (χ1n) is 9.74. The van der Waals surface area contributed by atoms with Gasteiger partial charge in [-0.2, -0.15) is 0 Å². The van der Waals surface area contributed by atoms with Crippen molar-refractivity contribution in [1.29, 1.82) is 0 Å². The number of sulfonamides is 1. The van der Waals surface area contributed by atoms with Crippen molar-refractivity contribution in [2.75, 3.05) is 24.2 Å². The number of likely N-dealkylation sites (N-methyl/N-ethyl adjacent to an activating group) is 1. The Kier molecular flexibility index (Phi) is 8.08. The largest absolute Gasteiger partial charge is 0.357 e. The van der Waals surface area contributed by atoms with E-state index in [0.29, 0.717) is 16.3 Å². The molecule has 1 atom stereocenters. The lowest BCUT2D eigenvalue weighted by Gasteiger charge is -2.31. The van der Waals surface area contributed by atoms with Gasteiger partial charge in [0.1, 0.15) is 12.6 Å². The number of aryl methyl sites for hydroxylation is 2. The summed E-state index contributed by atoms with van der Waals surface area (Å²) in [5.41, 5.74) is 2.81. The normalized spacial score (nSPS) is 12.2. The molecule has 0 aliphatic heterocycles. The number of anilines is 1. The second kappa shape index (κ2) is 10.2. The second-order valence-corrected chi connectivity index (χ2v) is 9.83. The third-order valence-electron chi connectivity index (χ3n) is 4.89. The minimum absolute atomic E-state index is 0.0670. The van der Waals surface area contributed by atoms with E-state index < -0.39 is 28.5 Å². The van der Waals surface area contributed by atoms with Crippen molar-refractivity contribution in [3.05, 3.63) is 64.2 Å². The van der Waals surface area contributed by atoms with Gasteiger partial charge in [-0.1, -0.05) is 35.9 Å². The van der Waals surface area contributed by atoms with E-state index in [1.807, 2.05) is 19.9 Å². The lowest BCUT2D eigenvalue weighted by Crippen LogP contribution is -2.50. The molecule has 0 spiro atoms. The summed E-state index contributed by atoms with van der Waals surface area (Å²) in [6.07, 6.45) is 1.05. The molecule has 168 valence electrons. The molecule has 9 heteroatoms. The molecule has 0 aliphatic rings. The maximum Gasteiger partial charge on any atom is 0.244 e. The van der Waals surface area contributed by atoms with Crippen LogP contribution in [0.1, 0.15) is 23.6 Å². The first-order valence-corrected chi connectivity index (χ1v) is 12.0. The number of carbonyl (C=O) groups is 2. The van der Waals surface area contributed by atoms with Gasteiger partial charge in [0, 0.05) is 18.6 Å². The van der Waals surface area contributed by atoms with Crippen molar-refractivity contribution in [2.24, 2.45) is 0 Å². The maximum atomic E-state index is 13.3. The first-order chi connectivity index (χ1) is 14.4. The average Bonchev–Trinajstić information content (AvgIpc) is 2.68. The lowest BCUT2D eigenvalue weighted by atomic mass is 10.1. The molecule has 0 bridgehead atoms. The maximum absolute atomic E-state index is 13.3. The smallest absolute Gasteiger partial charge is 0.244 e. The van der Waals surface area contributed by atoms with Gasteiger partial charge >= 0.3 is 0 Å². The van der Waals surface area contributed by atoms with Gasteiger partial charge in [0.25, 0.3) is 0 Å². The Labute approximate surface area is 189 Å². The Hall–Kier alpha value is -2.58. The van der Waals surface area contributed by atoms with Gasteiger partial charge < -0.3 is 10.2 Å². The van der Waals surface area contributed by atoms with Gasteiger partial charge in [-0.15, -0.1) is 0 Å². The number of nitrogens with one attached hydrogen (secondary N) is 1. The molecule has 31 heavy (non-hydrogen) atoms. The zero-order valence-corrected chi connectivity index (χ0v) is 19.9. The average molecular weight is 466 g/mol. The van der Waals surface area contributed by atoms with E-state index in [0.717, 1.165) is 21.7 Å². The monoisotopic (exact) mass is 465 g/mol. The number of nitrogens with zero attached hydrogens (tertiary/aromatic N) is 2. The van der Waals surface area contributed by atoms with Crippen molar-refractivity contribution < 1.29 is 18.0 Å². The zero-order valence-electron chi connectivity index (χ0n) is 18.3. The molecule has 0 fully saturated rings. The summed E-state index contributed by atoms with van der Waals surface area (Å²) < 4.78 is 26.1. The molecule has 0 saturated heterocycles. The Morgan fingerprint density at radius 1 is 1.10 bits per heavy atom. The summed E-state index contributed by atoms with van der Waals surface area (Å²) >= 11 is 6.26. The van der Waals surface area contributed by atoms with Gasteiger partial charge in [-0.25, -0.2) is 8.42 Å². The highest BCUT2D eigenvalue weighted by Gasteiger charge is 2.30. The molecule has 1 N–H and O–H groups in total. The summed E-state index contributed by atoms with van der Waals surface area (Å²) in [5, 5.41) is 2.99. The van der Waals surface area contributed by atoms with Crippen LogP contribution in [0.2, 0.25) is 5.02 Å². The van der Waals surface area contributed by atoms with Crippen LogP contribution in [-0.2, 0) is 26.2 Å². The number of benzene rings is 2. The highest BCUT2D eigenvalue weighted by Crippen LogP contribution is 2.23. The molecule has 2 aromatic carbocycles. The van der Waals surface area contributed by atoms with Gasteiger partial charge in [0.2, 0.25) is 21.8 Å². The summed E-state index contributed by atoms with van der Waals surface area (Å²) in [7, 11) is -2.27. The van der Waals surface area contributed by atoms with Crippen LogP contribution in [0.15, 0.2) is 42.5 Å². The number of halogens is 1. The van der Waals surface area contributed by atoms with Crippen LogP contribution in [0, 0.1) is 13.8 Å². The van der Waals surface area contributed by atoms with Crippen LogP contribution in [0.3, 0.4) is 0 Å². The molecule has 0 aliphatic carbocycles. The van der Waals surface area contributed by atoms with Gasteiger partial charge in [0.15, 0.2) is 0 Å². The lowest BCUT2D eigenvalue weighted by molar-refractivity contribution is -0.139. The quantitative estimate of drug-likeness (QED) is 0.649. The van der Waals surface area contributed by atoms with Crippen molar-refractivity contribution in [3.63, 3.8) is 0 Å². The third kappa shape index (κ3) is 6.45. The van der Waals surface area contributed by atoms with Gasteiger partial charge in [-0.05, 0) is 55.7 Å². The minimum atomic E-state index is -3.75. The van der Waals surface area contributed by atoms with E-state index in [1.54, 1.807) is 43.3 Å². The summed E-state index contributed by atoms with van der Waals surface area (Å²) in [5.74, 6) is -0.877. The number of hydrogen-bond acceptors (Lipinski definition) is 4. The fourth-order valence-electron chi connectivity index (χ4n) is 3.31. The van der Waals surface area contributed by atoms with Gasteiger partial charge in [-0.3, -0.25) is 13.9 Å². The zero-order chi connectivity index (χ0) is 23.3. The number of rotatable bonds is 8. The molecule has 1 unspecified atom stereocenters. The number of carbonyl (C=O) groups excluding carboxylic acids is 2. The Bertz CT molecular complexity index is 1050. The SMILES string of the molecule is CNC(=O)C(C)N(Cc1ccccc1Cl)C(=O)CN(c1cc(C)cc(C)c1)S(C)(=O)=O. The molecular weight excluding hydrogens is 438 g/mol. The highest BCUT2D eigenvalue weighted by atomic mass is 35.5. The molecule has 0 heterocycles. The topological polar surface area (TPSA) is 86.8 Å². The van der Waals surface area contributed by atoms with Crippen molar-refractivity contribution >= 4 is 39.1 Å². The summed E-state index contributed by atoms with van der Waals surface area (Å²) in [4.78, 5) is 27.0. The van der Waals surface area contributed by atoms with Gasteiger partial charge in [0.05, 0.1) is 11.9 Å². The van der Waals surface area contributed by atoms with E-state index in [9.17, 15) is 18.0 Å². The van der Waals surface area contributed by atoms with E-state index in [4.69, 9.17) is 11.6 Å². The fourth-order valence-corrected chi connectivity index (χ4v) is 4.34. The number of amides is 2. The van der Waals surface area contributed by atoms with Crippen molar-refractivity contribution in [1.82, 2.24) is 10.2 Å². The predicted octanol–water partition coefficient (Wildman–Crippen LogP) is 2.89. The van der Waals surface area contributed by atoms with Crippen LogP contribution in [0.5, 0.6) is 0 Å². The summed E-state index contributed by atoms with van der Waals surface area (Å²) in [6.45, 7) is 4.94.